The van der Waals surface area contributed by atoms with Crippen LogP contribution in [-0.2, 0) is 11.3 Å². The van der Waals surface area contributed by atoms with Gasteiger partial charge in [-0.2, -0.15) is 0 Å². The van der Waals surface area contributed by atoms with Crippen molar-refractivity contribution in [1.29, 1.82) is 0 Å². The summed E-state index contributed by atoms with van der Waals surface area (Å²) < 4.78 is 11.0. The van der Waals surface area contributed by atoms with Gasteiger partial charge in [0.1, 0.15) is 5.75 Å². The van der Waals surface area contributed by atoms with Crippen molar-refractivity contribution in [2.45, 2.75) is 30.7 Å². The topological polar surface area (TPSA) is 84.2 Å². The fourth-order valence-corrected chi connectivity index (χ4v) is 4.22. The van der Waals surface area contributed by atoms with Crippen LogP contribution in [0.25, 0.3) is 22.4 Å². The Hall–Kier alpha value is -3.26. The van der Waals surface area contributed by atoms with Gasteiger partial charge in [-0.05, 0) is 36.6 Å². The van der Waals surface area contributed by atoms with Crippen molar-refractivity contribution < 1.29 is 13.9 Å². The number of hydrogen-bond donors (Lipinski definition) is 1. The highest BCUT2D eigenvalue weighted by Crippen LogP contribution is 2.32. The van der Waals surface area contributed by atoms with E-state index in [1.165, 1.54) is 11.8 Å². The number of rotatable bonds is 8. The highest BCUT2D eigenvalue weighted by atomic mass is 32.2. The Bertz CT molecular complexity index is 1200. The summed E-state index contributed by atoms with van der Waals surface area (Å²) in [7, 11) is 1.65. The van der Waals surface area contributed by atoms with Crippen molar-refractivity contribution in [3.8, 4) is 17.2 Å². The summed E-state index contributed by atoms with van der Waals surface area (Å²) in [5.41, 5.74) is 2.96. The van der Waals surface area contributed by atoms with Crippen molar-refractivity contribution in [2.75, 3.05) is 12.9 Å². The van der Waals surface area contributed by atoms with Crippen LogP contribution in [0.4, 0.5) is 0 Å². The highest BCUT2D eigenvalue weighted by Gasteiger charge is 2.32. The predicted octanol–water partition coefficient (Wildman–Crippen LogP) is 4.51. The first kappa shape index (κ1) is 19.7. The molecule has 8 heteroatoms. The molecule has 4 aromatic rings. The number of H-pyrrole nitrogens is 1. The predicted molar refractivity (Wildman–Crippen MR) is 119 cm³/mol. The van der Waals surface area contributed by atoms with E-state index in [4.69, 9.17) is 9.15 Å². The SMILES string of the molecule is COc1ccc(CN(C(=O)CSc2nnc(-c3c[nH]c4ccccc34)o2)C2CC2)cc1. The van der Waals surface area contributed by atoms with Gasteiger partial charge >= 0.3 is 0 Å². The van der Waals surface area contributed by atoms with Crippen LogP contribution in [0.5, 0.6) is 5.75 Å². The van der Waals surface area contributed by atoms with Crippen LogP contribution in [0.2, 0.25) is 0 Å². The minimum Gasteiger partial charge on any atom is -0.497 e. The van der Waals surface area contributed by atoms with Gasteiger partial charge in [0.2, 0.25) is 5.91 Å². The molecule has 1 N–H and O–H groups in total. The minimum absolute atomic E-state index is 0.0789. The van der Waals surface area contributed by atoms with E-state index in [-0.39, 0.29) is 11.7 Å². The van der Waals surface area contributed by atoms with E-state index in [0.717, 1.165) is 40.6 Å². The summed E-state index contributed by atoms with van der Waals surface area (Å²) in [6, 6.07) is 16.1. The Morgan fingerprint density at radius 2 is 2.00 bits per heavy atom. The summed E-state index contributed by atoms with van der Waals surface area (Å²) in [5, 5.41) is 9.71. The van der Waals surface area contributed by atoms with E-state index in [1.807, 2.05) is 59.6 Å². The fraction of sp³-hybridized carbons (Fsp3) is 0.261. The zero-order valence-electron chi connectivity index (χ0n) is 17.1. The molecule has 1 aliphatic carbocycles. The molecule has 0 bridgehead atoms. The normalized spacial score (nSPS) is 13.5. The lowest BCUT2D eigenvalue weighted by molar-refractivity contribution is -0.129. The Morgan fingerprint density at radius 3 is 2.77 bits per heavy atom. The number of ether oxygens (including phenoxy) is 1. The number of nitrogens with one attached hydrogen (secondary N) is 1. The molecule has 0 spiro atoms. The molecule has 2 aromatic carbocycles. The molecule has 2 aromatic heterocycles. The van der Waals surface area contributed by atoms with Crippen LogP contribution in [0, 0.1) is 0 Å². The Kier molecular flexibility index (Phi) is 5.38. The molecular weight excluding hydrogens is 412 g/mol. The van der Waals surface area contributed by atoms with Gasteiger partial charge in [0.05, 0.1) is 18.4 Å². The molecule has 0 aliphatic heterocycles. The van der Waals surface area contributed by atoms with Gasteiger partial charge < -0.3 is 19.0 Å². The van der Waals surface area contributed by atoms with E-state index < -0.39 is 0 Å². The standard InChI is InChI=1S/C23H22N4O3S/c1-29-17-10-6-15(7-11-17)13-27(16-8-9-16)21(28)14-31-23-26-25-22(30-23)19-12-24-20-5-3-2-4-18(19)20/h2-7,10-12,16,24H,8-9,13-14H2,1H3. The molecule has 2 heterocycles. The molecule has 1 fully saturated rings. The zero-order chi connectivity index (χ0) is 21.2. The van der Waals surface area contributed by atoms with Crippen molar-refractivity contribution >= 4 is 28.6 Å². The molecule has 0 radical (unpaired) electrons. The first-order chi connectivity index (χ1) is 15.2. The number of amides is 1. The van der Waals surface area contributed by atoms with E-state index in [0.29, 0.717) is 23.7 Å². The zero-order valence-corrected chi connectivity index (χ0v) is 17.9. The number of aromatic amines is 1. The number of para-hydroxylation sites is 1. The first-order valence-corrected chi connectivity index (χ1v) is 11.1. The molecular formula is C23H22N4O3S. The molecule has 31 heavy (non-hydrogen) atoms. The van der Waals surface area contributed by atoms with Gasteiger partial charge in [-0.3, -0.25) is 4.79 Å². The Balaban J connectivity index is 1.24. The molecule has 5 rings (SSSR count). The molecule has 0 unspecified atom stereocenters. The number of carbonyl (C=O) groups is 1. The fourth-order valence-electron chi connectivity index (χ4n) is 3.57. The summed E-state index contributed by atoms with van der Waals surface area (Å²) in [6.07, 6.45) is 3.97. The van der Waals surface area contributed by atoms with Gasteiger partial charge in [0, 0.05) is 29.7 Å². The second-order valence-electron chi connectivity index (χ2n) is 7.51. The van der Waals surface area contributed by atoms with Crippen LogP contribution < -0.4 is 4.74 Å². The number of aromatic nitrogens is 3. The molecule has 7 nitrogen and oxygen atoms in total. The van der Waals surface area contributed by atoms with Gasteiger partial charge in [-0.25, -0.2) is 0 Å². The van der Waals surface area contributed by atoms with Crippen molar-refractivity contribution in [2.24, 2.45) is 0 Å². The lowest BCUT2D eigenvalue weighted by Gasteiger charge is -2.22. The van der Waals surface area contributed by atoms with E-state index >= 15 is 0 Å². The van der Waals surface area contributed by atoms with Crippen LogP contribution in [-0.4, -0.2) is 44.9 Å². The monoisotopic (exact) mass is 434 g/mol. The largest absolute Gasteiger partial charge is 0.497 e. The molecule has 1 amide bonds. The van der Waals surface area contributed by atoms with Gasteiger partial charge in [0.15, 0.2) is 0 Å². The summed E-state index contributed by atoms with van der Waals surface area (Å²) in [5.74, 6) is 1.60. The van der Waals surface area contributed by atoms with Crippen molar-refractivity contribution in [3.63, 3.8) is 0 Å². The average molecular weight is 435 g/mol. The number of nitrogens with zero attached hydrogens (tertiary/aromatic N) is 3. The van der Waals surface area contributed by atoms with Crippen LogP contribution in [0.1, 0.15) is 18.4 Å². The third kappa shape index (κ3) is 4.29. The molecule has 1 saturated carbocycles. The van der Waals surface area contributed by atoms with Gasteiger partial charge in [-0.1, -0.05) is 42.1 Å². The van der Waals surface area contributed by atoms with E-state index in [1.54, 1.807) is 7.11 Å². The molecule has 1 aliphatic rings. The number of carbonyl (C=O) groups excluding carboxylic acids is 1. The summed E-state index contributed by atoms with van der Waals surface area (Å²) >= 11 is 1.28. The highest BCUT2D eigenvalue weighted by molar-refractivity contribution is 7.99. The van der Waals surface area contributed by atoms with Crippen molar-refractivity contribution in [3.05, 3.63) is 60.3 Å². The third-order valence-electron chi connectivity index (χ3n) is 5.37. The quantitative estimate of drug-likeness (QED) is 0.411. The van der Waals surface area contributed by atoms with E-state index in [9.17, 15) is 4.79 Å². The number of hydrogen-bond acceptors (Lipinski definition) is 6. The smallest absolute Gasteiger partial charge is 0.277 e. The summed E-state index contributed by atoms with van der Waals surface area (Å²) in [4.78, 5) is 18.1. The lowest BCUT2D eigenvalue weighted by Crippen LogP contribution is -2.33. The van der Waals surface area contributed by atoms with E-state index in [2.05, 4.69) is 15.2 Å². The maximum Gasteiger partial charge on any atom is 0.277 e. The number of methoxy groups -OCH3 is 1. The first-order valence-electron chi connectivity index (χ1n) is 10.2. The number of fused-ring (bicyclic) bond motifs is 1. The van der Waals surface area contributed by atoms with Gasteiger partial charge in [-0.15, -0.1) is 10.2 Å². The van der Waals surface area contributed by atoms with Crippen molar-refractivity contribution in [1.82, 2.24) is 20.1 Å². The minimum atomic E-state index is 0.0789. The van der Waals surface area contributed by atoms with Crippen LogP contribution >= 0.6 is 11.8 Å². The maximum atomic E-state index is 12.9. The van der Waals surface area contributed by atoms with Crippen LogP contribution in [0.15, 0.2) is 64.4 Å². The number of thioether (sulfide) groups is 1. The molecule has 0 saturated heterocycles. The van der Waals surface area contributed by atoms with Crippen LogP contribution in [0.3, 0.4) is 0 Å². The molecule has 158 valence electrons. The average Bonchev–Trinajstić information content (AvgIpc) is 3.38. The number of benzene rings is 2. The second-order valence-corrected chi connectivity index (χ2v) is 8.44. The maximum absolute atomic E-state index is 12.9. The Labute approximate surface area is 183 Å². The third-order valence-corrected chi connectivity index (χ3v) is 6.17. The van der Waals surface area contributed by atoms with Gasteiger partial charge in [0.25, 0.3) is 11.1 Å². The lowest BCUT2D eigenvalue weighted by atomic mass is 10.2. The Morgan fingerprint density at radius 1 is 1.19 bits per heavy atom. The molecule has 0 atom stereocenters. The summed E-state index contributed by atoms with van der Waals surface area (Å²) in [6.45, 7) is 0.596. The second kappa shape index (κ2) is 8.47.